The first-order valence-electron chi connectivity index (χ1n) is 8.93. The van der Waals surface area contributed by atoms with E-state index in [2.05, 4.69) is 6.58 Å². The van der Waals surface area contributed by atoms with E-state index in [9.17, 15) is 9.36 Å². The Hall–Kier alpha value is -3.43. The van der Waals surface area contributed by atoms with E-state index >= 15 is 0 Å². The van der Waals surface area contributed by atoms with Crippen LogP contribution in [0, 0.1) is 0 Å². The van der Waals surface area contributed by atoms with Crippen molar-refractivity contribution in [3.63, 3.8) is 0 Å². The first kappa shape index (κ1) is 20.3. The van der Waals surface area contributed by atoms with Gasteiger partial charge in [-0.2, -0.15) is 0 Å². The van der Waals surface area contributed by atoms with Crippen LogP contribution >= 0.6 is 7.80 Å². The average molecular weight is 407 g/mol. The second-order valence-corrected chi connectivity index (χ2v) is 7.52. The highest BCUT2D eigenvalue weighted by atomic mass is 31.1. The molecule has 0 amide bonds. The Bertz CT molecular complexity index is 857. The van der Waals surface area contributed by atoms with Crippen molar-refractivity contribution in [1.82, 2.24) is 0 Å². The predicted octanol–water partition coefficient (Wildman–Crippen LogP) is 5.42. The molecule has 1 atom stereocenters. The molecule has 0 fully saturated rings. The molecule has 3 aromatic carbocycles. The summed E-state index contributed by atoms with van der Waals surface area (Å²) in [5.41, 5.74) is -0.602. The van der Waals surface area contributed by atoms with Crippen molar-refractivity contribution in [3.05, 3.63) is 104 Å². The van der Waals surface area contributed by atoms with E-state index in [1.165, 1.54) is 0 Å². The maximum absolute atomic E-state index is 12.6. The van der Waals surface area contributed by atoms with Gasteiger partial charge in [-0.25, -0.2) is 4.79 Å². The molecule has 29 heavy (non-hydrogen) atoms. The Balaban J connectivity index is 2.03. The molecule has 0 bridgehead atoms. The first-order valence-corrected chi connectivity index (χ1v) is 10.4. The quantitative estimate of drug-likeness (QED) is 0.255. The molecule has 0 aliphatic rings. The van der Waals surface area contributed by atoms with Crippen LogP contribution in [0.1, 0.15) is 0 Å². The van der Waals surface area contributed by atoms with Gasteiger partial charge < -0.3 is 14.2 Å². The highest BCUT2D eigenvalue weighted by Gasteiger charge is 2.50. The zero-order valence-corrected chi connectivity index (χ0v) is 16.5. The lowest BCUT2D eigenvalue weighted by molar-refractivity contribution is -0.235. The van der Waals surface area contributed by atoms with Gasteiger partial charge in [-0.1, -0.05) is 65.7 Å². The van der Waals surface area contributed by atoms with Crippen LogP contribution < -0.4 is 14.2 Å². The van der Waals surface area contributed by atoms with Gasteiger partial charge in [0.25, 0.3) is 6.16 Å². The summed E-state index contributed by atoms with van der Waals surface area (Å²) in [6.45, 7) is 3.41. The van der Waals surface area contributed by atoms with Crippen molar-refractivity contribution in [3.8, 4) is 17.2 Å². The third-order valence-corrected chi connectivity index (χ3v) is 5.16. The SMILES string of the molecule is C=CC(=O)[P+](=O)CC(Oc1ccccc1)(Oc1ccccc1)Oc1ccccc1. The fourth-order valence-electron chi connectivity index (χ4n) is 2.52. The topological polar surface area (TPSA) is 61.8 Å². The Morgan fingerprint density at radius 1 is 0.759 bits per heavy atom. The van der Waals surface area contributed by atoms with E-state index in [0.29, 0.717) is 17.2 Å². The summed E-state index contributed by atoms with van der Waals surface area (Å²) in [6.07, 6.45) is 0.697. The molecule has 3 aromatic rings. The van der Waals surface area contributed by atoms with Gasteiger partial charge in [0.15, 0.2) is 0 Å². The van der Waals surface area contributed by atoms with E-state index in [1.807, 2.05) is 18.2 Å². The predicted molar refractivity (Wildman–Crippen MR) is 112 cm³/mol. The van der Waals surface area contributed by atoms with Crippen LogP contribution in [0.5, 0.6) is 17.2 Å². The highest BCUT2D eigenvalue weighted by molar-refractivity contribution is 7.64. The number of carbonyl (C=O) groups excluding carboxylic acids is 1. The smallest absolute Gasteiger partial charge is 0.417 e. The summed E-state index contributed by atoms with van der Waals surface area (Å²) in [4.78, 5) is 12.0. The minimum absolute atomic E-state index is 0.328. The van der Waals surface area contributed by atoms with Crippen molar-refractivity contribution < 1.29 is 23.6 Å². The Morgan fingerprint density at radius 2 is 1.10 bits per heavy atom. The summed E-state index contributed by atoms with van der Waals surface area (Å²) in [7, 11) is -2.40. The molecule has 0 aromatic heterocycles. The Morgan fingerprint density at radius 3 is 1.41 bits per heavy atom. The number of para-hydroxylation sites is 3. The largest absolute Gasteiger partial charge is 0.464 e. The van der Waals surface area contributed by atoms with Gasteiger partial charge in [-0.3, -0.25) is 0 Å². The average Bonchev–Trinajstić information content (AvgIpc) is 2.75. The van der Waals surface area contributed by atoms with Crippen LogP contribution in [0.4, 0.5) is 0 Å². The maximum Gasteiger partial charge on any atom is 0.464 e. The number of ether oxygens (including phenoxy) is 3. The van der Waals surface area contributed by atoms with Crippen LogP contribution in [0.25, 0.3) is 0 Å². The van der Waals surface area contributed by atoms with Crippen LogP contribution in [0.3, 0.4) is 0 Å². The molecular formula is C23H20O5P+. The molecule has 3 rings (SSSR count). The summed E-state index contributed by atoms with van der Waals surface area (Å²) in [5.74, 6) is -0.521. The molecular weight excluding hydrogens is 387 g/mol. The lowest BCUT2D eigenvalue weighted by atomic mass is 10.3. The van der Waals surface area contributed by atoms with Gasteiger partial charge in [-0.15, -0.1) is 0 Å². The number of allylic oxidation sites excluding steroid dienone is 1. The molecule has 0 aliphatic carbocycles. The molecule has 6 heteroatoms. The maximum atomic E-state index is 12.6. The molecule has 0 saturated carbocycles. The molecule has 1 unspecified atom stereocenters. The number of benzene rings is 3. The minimum Gasteiger partial charge on any atom is -0.417 e. The monoisotopic (exact) mass is 407 g/mol. The van der Waals surface area contributed by atoms with Crippen molar-refractivity contribution in [2.75, 3.05) is 6.16 Å². The zero-order chi connectivity index (χ0) is 20.5. The normalized spacial score (nSPS) is 11.2. The molecule has 146 valence electrons. The number of hydrogen-bond donors (Lipinski definition) is 0. The van der Waals surface area contributed by atoms with Crippen molar-refractivity contribution in [1.29, 1.82) is 0 Å². The summed E-state index contributed by atoms with van der Waals surface area (Å²) in [5, 5.41) is 0. The second kappa shape index (κ2) is 9.67. The fraction of sp³-hybridized carbons (Fsp3) is 0.0870. The Labute approximate surface area is 170 Å². The third kappa shape index (κ3) is 5.77. The Kier molecular flexibility index (Phi) is 6.77. The van der Waals surface area contributed by atoms with Crippen LogP contribution in [0.15, 0.2) is 104 Å². The van der Waals surface area contributed by atoms with Gasteiger partial charge in [0.05, 0.1) is 0 Å². The van der Waals surface area contributed by atoms with Gasteiger partial charge in [0.2, 0.25) is 0 Å². The second-order valence-electron chi connectivity index (χ2n) is 6.01. The number of rotatable bonds is 10. The summed E-state index contributed by atoms with van der Waals surface area (Å²) < 4.78 is 30.8. The molecule has 0 heterocycles. The van der Waals surface area contributed by atoms with E-state index in [0.717, 1.165) is 6.08 Å². The highest BCUT2D eigenvalue weighted by Crippen LogP contribution is 2.35. The molecule has 0 saturated heterocycles. The number of hydrogen-bond acceptors (Lipinski definition) is 5. The van der Waals surface area contributed by atoms with Crippen LogP contribution in [-0.2, 0) is 9.36 Å². The van der Waals surface area contributed by atoms with Gasteiger partial charge >= 0.3 is 19.3 Å². The van der Waals surface area contributed by atoms with Crippen molar-refractivity contribution in [2.24, 2.45) is 0 Å². The van der Waals surface area contributed by atoms with E-state index < -0.39 is 19.3 Å². The first-order chi connectivity index (χ1) is 14.1. The fourth-order valence-corrected chi connectivity index (χ4v) is 3.42. The van der Waals surface area contributed by atoms with Crippen LogP contribution in [-0.4, -0.2) is 17.7 Å². The van der Waals surface area contributed by atoms with Crippen LogP contribution in [0.2, 0.25) is 0 Å². The van der Waals surface area contributed by atoms with Crippen molar-refractivity contribution >= 4 is 13.3 Å². The standard InChI is InChI=1S/C23H20O5P/c1-2-22(24)29(25)18-23(26-19-12-6-3-7-13-19,27-20-14-8-4-9-15-20)28-21-16-10-5-11-17-21/h2-17H,1,18H2/q+1. The molecule has 5 nitrogen and oxygen atoms in total. The molecule has 0 radical (unpaired) electrons. The van der Waals surface area contributed by atoms with Gasteiger partial charge in [-0.05, 0) is 36.4 Å². The zero-order valence-electron chi connectivity index (χ0n) is 15.6. The minimum atomic E-state index is -2.40. The lowest BCUT2D eigenvalue weighted by Gasteiger charge is -2.30. The van der Waals surface area contributed by atoms with Gasteiger partial charge in [0, 0.05) is 6.08 Å². The van der Waals surface area contributed by atoms with Crippen molar-refractivity contribution in [2.45, 2.75) is 5.97 Å². The van der Waals surface area contributed by atoms with E-state index in [1.54, 1.807) is 72.8 Å². The molecule has 0 spiro atoms. The molecule has 0 aliphatic heterocycles. The number of carbonyl (C=O) groups is 1. The van der Waals surface area contributed by atoms with Gasteiger partial charge in [0.1, 0.15) is 17.2 Å². The summed E-state index contributed by atoms with van der Waals surface area (Å²) in [6, 6.07) is 26.6. The molecule has 0 N–H and O–H groups in total. The lowest BCUT2D eigenvalue weighted by Crippen LogP contribution is -2.51. The third-order valence-electron chi connectivity index (χ3n) is 3.81. The van der Waals surface area contributed by atoms with E-state index in [4.69, 9.17) is 14.2 Å². The van der Waals surface area contributed by atoms with E-state index in [-0.39, 0.29) is 6.16 Å². The summed E-state index contributed by atoms with van der Waals surface area (Å²) >= 11 is 0.